The lowest BCUT2D eigenvalue weighted by atomic mass is 10.2. The third kappa shape index (κ3) is 6.24. The Morgan fingerprint density at radius 2 is 2.03 bits per heavy atom. The molecule has 1 N–H and O–H groups in total. The van der Waals surface area contributed by atoms with Crippen molar-refractivity contribution in [2.45, 2.75) is 0 Å². The monoisotopic (exact) mass is 487 g/mol. The summed E-state index contributed by atoms with van der Waals surface area (Å²) in [5, 5.41) is 14.5. The van der Waals surface area contributed by atoms with Gasteiger partial charge < -0.3 is 13.9 Å². The SMILES string of the molecule is O=C(COc1ccc([N+](=O)[O-])cc1Br)N/N=C\c1cccc(OC(=O)c2ccco2)c1. The molecule has 11 heteroatoms. The second-order valence-electron chi connectivity index (χ2n) is 5.89. The number of furan rings is 1. The average Bonchev–Trinajstić information content (AvgIpc) is 3.28. The Morgan fingerprint density at radius 3 is 2.74 bits per heavy atom. The molecule has 0 atom stereocenters. The molecule has 10 nitrogen and oxygen atoms in total. The molecule has 158 valence electrons. The van der Waals surface area contributed by atoms with Crippen LogP contribution in [0.15, 0.2) is 74.9 Å². The molecular formula is C20H14BrN3O7. The van der Waals surface area contributed by atoms with Gasteiger partial charge in [0, 0.05) is 12.1 Å². The number of hydrogen-bond acceptors (Lipinski definition) is 8. The van der Waals surface area contributed by atoms with Crippen LogP contribution in [-0.2, 0) is 4.79 Å². The van der Waals surface area contributed by atoms with Crippen molar-refractivity contribution in [2.75, 3.05) is 6.61 Å². The van der Waals surface area contributed by atoms with Gasteiger partial charge in [0.05, 0.1) is 21.9 Å². The first-order valence-corrected chi connectivity index (χ1v) is 9.46. The van der Waals surface area contributed by atoms with Crippen molar-refractivity contribution in [3.05, 3.63) is 86.8 Å². The third-order valence-electron chi connectivity index (χ3n) is 3.68. The first-order valence-electron chi connectivity index (χ1n) is 8.67. The van der Waals surface area contributed by atoms with E-state index in [-0.39, 0.29) is 29.6 Å². The summed E-state index contributed by atoms with van der Waals surface area (Å²) in [6.45, 7) is -0.353. The van der Waals surface area contributed by atoms with E-state index in [1.165, 1.54) is 36.7 Å². The summed E-state index contributed by atoms with van der Waals surface area (Å²) in [4.78, 5) is 34.0. The molecule has 2 aromatic carbocycles. The van der Waals surface area contributed by atoms with Crippen LogP contribution >= 0.6 is 15.9 Å². The summed E-state index contributed by atoms with van der Waals surface area (Å²) >= 11 is 3.15. The number of rotatable bonds is 8. The minimum Gasteiger partial charge on any atom is -0.483 e. The minimum atomic E-state index is -0.637. The lowest BCUT2D eigenvalue weighted by Crippen LogP contribution is -2.24. The van der Waals surface area contributed by atoms with Crippen molar-refractivity contribution in [3.63, 3.8) is 0 Å². The highest BCUT2D eigenvalue weighted by Crippen LogP contribution is 2.28. The lowest BCUT2D eigenvalue weighted by Gasteiger charge is -2.07. The van der Waals surface area contributed by atoms with Gasteiger partial charge in [-0.15, -0.1) is 0 Å². The van der Waals surface area contributed by atoms with Crippen LogP contribution in [0.4, 0.5) is 5.69 Å². The second kappa shape index (κ2) is 10.2. The number of amides is 1. The fourth-order valence-corrected chi connectivity index (χ4v) is 2.77. The molecular weight excluding hydrogens is 474 g/mol. The number of esters is 1. The van der Waals surface area contributed by atoms with Gasteiger partial charge in [-0.25, -0.2) is 10.2 Å². The number of nitrogens with one attached hydrogen (secondary N) is 1. The fraction of sp³-hybridized carbons (Fsp3) is 0.0500. The van der Waals surface area contributed by atoms with Crippen molar-refractivity contribution < 1.29 is 28.4 Å². The van der Waals surface area contributed by atoms with Crippen LogP contribution < -0.4 is 14.9 Å². The van der Waals surface area contributed by atoms with Gasteiger partial charge in [0.25, 0.3) is 11.6 Å². The Morgan fingerprint density at radius 1 is 1.19 bits per heavy atom. The number of non-ortho nitro benzene ring substituents is 1. The molecule has 0 saturated carbocycles. The Bertz CT molecular complexity index is 1130. The number of nitrogens with zero attached hydrogens (tertiary/aromatic N) is 2. The van der Waals surface area contributed by atoms with Gasteiger partial charge in [-0.2, -0.15) is 5.10 Å². The predicted octanol–water partition coefficient (Wildman–Crippen LogP) is 3.70. The maximum absolute atomic E-state index is 11.9. The van der Waals surface area contributed by atoms with Gasteiger partial charge in [0.15, 0.2) is 6.61 Å². The topological polar surface area (TPSA) is 133 Å². The number of carbonyl (C=O) groups excluding carboxylic acids is 2. The molecule has 0 saturated heterocycles. The molecule has 0 aliphatic rings. The van der Waals surface area contributed by atoms with E-state index >= 15 is 0 Å². The Balaban J connectivity index is 1.50. The van der Waals surface area contributed by atoms with E-state index in [4.69, 9.17) is 13.9 Å². The fourth-order valence-electron chi connectivity index (χ4n) is 2.29. The van der Waals surface area contributed by atoms with E-state index in [1.807, 2.05) is 0 Å². The number of benzene rings is 2. The third-order valence-corrected chi connectivity index (χ3v) is 4.30. The average molecular weight is 488 g/mol. The lowest BCUT2D eigenvalue weighted by molar-refractivity contribution is -0.384. The number of hydrogen-bond donors (Lipinski definition) is 1. The first-order chi connectivity index (χ1) is 14.9. The molecule has 0 aliphatic carbocycles. The molecule has 0 radical (unpaired) electrons. The maximum atomic E-state index is 11.9. The van der Waals surface area contributed by atoms with Gasteiger partial charge in [0.1, 0.15) is 11.5 Å². The van der Waals surface area contributed by atoms with Crippen molar-refractivity contribution in [2.24, 2.45) is 5.10 Å². The van der Waals surface area contributed by atoms with E-state index in [0.29, 0.717) is 10.0 Å². The van der Waals surface area contributed by atoms with Crippen molar-refractivity contribution in [1.29, 1.82) is 0 Å². The van der Waals surface area contributed by atoms with Crippen LogP contribution in [-0.4, -0.2) is 29.6 Å². The van der Waals surface area contributed by atoms with Gasteiger partial charge in [-0.1, -0.05) is 12.1 Å². The first kappa shape index (κ1) is 21.7. The Hall–Kier alpha value is -3.99. The molecule has 1 heterocycles. The van der Waals surface area contributed by atoms with Gasteiger partial charge >= 0.3 is 5.97 Å². The smallest absolute Gasteiger partial charge is 0.379 e. The molecule has 0 bridgehead atoms. The van der Waals surface area contributed by atoms with Crippen molar-refractivity contribution in [3.8, 4) is 11.5 Å². The molecule has 0 fully saturated rings. The minimum absolute atomic E-state index is 0.0750. The highest BCUT2D eigenvalue weighted by Gasteiger charge is 2.12. The highest BCUT2D eigenvalue weighted by atomic mass is 79.9. The van der Waals surface area contributed by atoms with Gasteiger partial charge in [0.2, 0.25) is 5.76 Å². The van der Waals surface area contributed by atoms with E-state index in [2.05, 4.69) is 26.5 Å². The van der Waals surface area contributed by atoms with E-state index < -0.39 is 16.8 Å². The number of halogens is 1. The van der Waals surface area contributed by atoms with Gasteiger partial charge in [-0.3, -0.25) is 14.9 Å². The van der Waals surface area contributed by atoms with Crippen molar-refractivity contribution >= 4 is 39.7 Å². The number of carbonyl (C=O) groups is 2. The molecule has 0 spiro atoms. The number of nitro benzene ring substituents is 1. The summed E-state index contributed by atoms with van der Waals surface area (Å²) in [5.74, 6) is -0.548. The molecule has 0 aliphatic heterocycles. The zero-order chi connectivity index (χ0) is 22.2. The van der Waals surface area contributed by atoms with E-state index in [1.54, 1.807) is 30.3 Å². The summed E-state index contributed by atoms with van der Waals surface area (Å²) in [5.41, 5.74) is 2.76. The zero-order valence-corrected chi connectivity index (χ0v) is 17.3. The van der Waals surface area contributed by atoms with Crippen LogP contribution in [0, 0.1) is 10.1 Å². The molecule has 3 rings (SSSR count). The Kier molecular flexibility index (Phi) is 7.12. The molecule has 1 amide bonds. The van der Waals surface area contributed by atoms with Crippen LogP contribution in [0.3, 0.4) is 0 Å². The summed E-state index contributed by atoms with van der Waals surface area (Å²) in [6.07, 6.45) is 2.73. The summed E-state index contributed by atoms with van der Waals surface area (Å²) < 4.78 is 15.8. The maximum Gasteiger partial charge on any atom is 0.379 e. The highest BCUT2D eigenvalue weighted by molar-refractivity contribution is 9.10. The van der Waals surface area contributed by atoms with Crippen LogP contribution in [0.2, 0.25) is 0 Å². The largest absolute Gasteiger partial charge is 0.483 e. The summed E-state index contributed by atoms with van der Waals surface area (Å²) in [7, 11) is 0. The molecule has 1 aromatic heterocycles. The second-order valence-corrected chi connectivity index (χ2v) is 6.75. The zero-order valence-electron chi connectivity index (χ0n) is 15.7. The van der Waals surface area contributed by atoms with Crippen LogP contribution in [0.1, 0.15) is 16.1 Å². The number of hydrazone groups is 1. The van der Waals surface area contributed by atoms with Gasteiger partial charge in [-0.05, 0) is 51.8 Å². The van der Waals surface area contributed by atoms with Crippen molar-refractivity contribution in [1.82, 2.24) is 5.43 Å². The van der Waals surface area contributed by atoms with Crippen LogP contribution in [0.25, 0.3) is 0 Å². The molecule has 0 unspecified atom stereocenters. The quantitative estimate of drug-likeness (QED) is 0.168. The Labute approximate surface area is 183 Å². The number of nitro groups is 1. The number of ether oxygens (including phenoxy) is 2. The molecule has 3 aromatic rings. The summed E-state index contributed by atoms with van der Waals surface area (Å²) in [6, 6.07) is 13.5. The standard InChI is InChI=1S/C20H14BrN3O7/c21-16-10-14(24(27)28)6-7-17(16)30-12-19(25)23-22-11-13-3-1-4-15(9-13)31-20(26)18-5-2-8-29-18/h1-11H,12H2,(H,23,25)/b22-11-. The predicted molar refractivity (Wildman–Crippen MR) is 112 cm³/mol. The van der Waals surface area contributed by atoms with Crippen LogP contribution in [0.5, 0.6) is 11.5 Å². The van der Waals surface area contributed by atoms with E-state index in [0.717, 1.165) is 0 Å². The van der Waals surface area contributed by atoms with E-state index in [9.17, 15) is 19.7 Å². The molecule has 31 heavy (non-hydrogen) atoms. The normalized spacial score (nSPS) is 10.6.